The maximum atomic E-state index is 11.3. The molecule has 0 radical (unpaired) electrons. The van der Waals surface area contributed by atoms with Crippen LogP contribution in [0.3, 0.4) is 0 Å². The molecule has 3 fully saturated rings. The molecule has 80 heavy (non-hydrogen) atoms. The zero-order valence-corrected chi connectivity index (χ0v) is 43.8. The lowest BCUT2D eigenvalue weighted by molar-refractivity contribution is -0.191. The first-order valence-corrected chi connectivity index (χ1v) is 25.6. The molecule has 1 saturated carbocycles. The van der Waals surface area contributed by atoms with Crippen molar-refractivity contribution in [3.8, 4) is 0 Å². The number of nitrogens with one attached hydrogen (secondary N) is 4. The van der Waals surface area contributed by atoms with Gasteiger partial charge in [0.2, 0.25) is 23.5 Å². The number of hydrogen-bond donors (Lipinski definition) is 9. The average molecular weight is 1110 g/mol. The molecule has 3 aliphatic rings. The minimum absolute atomic E-state index is 0.0123. The highest BCUT2D eigenvalue weighted by molar-refractivity contribution is 5.85. The van der Waals surface area contributed by atoms with Crippen molar-refractivity contribution in [2.75, 3.05) is 34.4 Å². The van der Waals surface area contributed by atoms with E-state index < -0.39 is 55.0 Å². The first-order chi connectivity index (χ1) is 38.7. The summed E-state index contributed by atoms with van der Waals surface area (Å²) in [6.07, 6.45) is 6.10. The van der Waals surface area contributed by atoms with Gasteiger partial charge in [0, 0.05) is 70.6 Å². The van der Waals surface area contributed by atoms with Gasteiger partial charge >= 0.3 is 12.1 Å². The minimum atomic E-state index is -1.36. The fraction of sp³-hybridized carbons (Fsp3) is 0.522. The van der Waals surface area contributed by atoms with Gasteiger partial charge in [0.25, 0.3) is 0 Å². The summed E-state index contributed by atoms with van der Waals surface area (Å²) in [4.78, 5) is 66.0. The van der Waals surface area contributed by atoms with E-state index in [1.54, 1.807) is 21.8 Å². The monoisotopic (exact) mass is 1110 g/mol. The van der Waals surface area contributed by atoms with Gasteiger partial charge in [-0.3, -0.25) is 9.13 Å². The average Bonchev–Trinajstić information content (AvgIpc) is 4.37. The second-order valence-electron chi connectivity index (χ2n) is 18.8. The molecule has 11 rings (SSSR count). The normalized spacial score (nSPS) is 23.4. The second kappa shape index (κ2) is 24.9. The van der Waals surface area contributed by atoms with E-state index in [9.17, 15) is 25.2 Å². The van der Waals surface area contributed by atoms with E-state index in [-0.39, 0.29) is 29.9 Å². The SMILES string of the molecule is C=CC(=O)O.CCn1nnc([C@H]2OC(n3cnc4c(NC5CCC(Nc6nc(NCCc7cn(C)cn7)nc7c6ncn7C6O[C@H](c7nnn(CC)n7)[C@@H](O)[C@H]6O)CC5)nc(NCCc5cn(C)cn5)nc43)[C@H](O)[C@@H]2O)n1.O=C=O. The maximum Gasteiger partial charge on any atom is 0.373 e. The number of aliphatic hydroxyl groups excluding tert-OH is 4. The molecule has 0 bridgehead atoms. The van der Waals surface area contributed by atoms with E-state index in [0.717, 1.165) is 43.1 Å². The van der Waals surface area contributed by atoms with E-state index >= 15 is 0 Å². The number of carboxylic acids is 1. The van der Waals surface area contributed by atoms with E-state index in [1.807, 2.05) is 49.5 Å². The molecule has 34 nitrogen and oxygen atoms in total. The Kier molecular flexibility index (Phi) is 17.4. The van der Waals surface area contributed by atoms with Gasteiger partial charge in [0.15, 0.2) is 58.6 Å². The van der Waals surface area contributed by atoms with Crippen molar-refractivity contribution in [2.24, 2.45) is 14.1 Å². The van der Waals surface area contributed by atoms with Gasteiger partial charge < -0.3 is 65.4 Å². The first kappa shape index (κ1) is 55.9. The van der Waals surface area contributed by atoms with Gasteiger partial charge in [-0.1, -0.05) is 6.58 Å². The molecule has 8 aromatic rings. The van der Waals surface area contributed by atoms with Crippen LogP contribution >= 0.6 is 0 Å². The molecule has 2 aliphatic heterocycles. The van der Waals surface area contributed by atoms with E-state index in [1.165, 1.54) is 22.2 Å². The summed E-state index contributed by atoms with van der Waals surface area (Å²) in [6.45, 7) is 8.61. The molecule has 0 spiro atoms. The number of imidazole rings is 4. The van der Waals surface area contributed by atoms with Crippen LogP contribution in [-0.2, 0) is 63.9 Å². The topological polar surface area (TPSA) is 429 Å². The Balaban J connectivity index is 0.000000909. The quantitative estimate of drug-likeness (QED) is 0.0450. The summed E-state index contributed by atoms with van der Waals surface area (Å²) in [7, 11) is 3.83. The molecular weight excluding hydrogens is 1050 g/mol. The van der Waals surface area contributed by atoms with E-state index in [0.29, 0.717) is 84.9 Å². The van der Waals surface area contributed by atoms with Gasteiger partial charge in [0.1, 0.15) is 24.4 Å². The highest BCUT2D eigenvalue weighted by Crippen LogP contribution is 2.41. The number of carboxylic acid groups (broad SMARTS) is 1. The highest BCUT2D eigenvalue weighted by Gasteiger charge is 2.48. The third-order valence-corrected chi connectivity index (χ3v) is 13.3. The van der Waals surface area contributed by atoms with Crippen LogP contribution in [0, 0.1) is 0 Å². The van der Waals surface area contributed by atoms with Crippen LogP contribution in [0.4, 0.5) is 23.5 Å². The largest absolute Gasteiger partial charge is 0.478 e. The number of aryl methyl sites for hydroxylation is 4. The third-order valence-electron chi connectivity index (χ3n) is 13.3. The van der Waals surface area contributed by atoms with Crippen molar-refractivity contribution in [1.29, 1.82) is 0 Å². The Bertz CT molecular complexity index is 3200. The molecule has 424 valence electrons. The number of aliphatic carboxylic acids is 1. The summed E-state index contributed by atoms with van der Waals surface area (Å²) in [5.74, 6) is 0.968. The smallest absolute Gasteiger partial charge is 0.373 e. The van der Waals surface area contributed by atoms with E-state index in [4.69, 9.17) is 54.1 Å². The summed E-state index contributed by atoms with van der Waals surface area (Å²) in [6, 6.07) is -0.0247. The number of rotatable bonds is 19. The molecular formula is C46H60N24O10. The zero-order chi connectivity index (χ0) is 56.6. The standard InChI is InChI=1S/C42H56N24O6.C3H4O2.CO2/c1-5-65-57-35(55-59-65)31-27(67)29(69)39(71-31)63-19-47-25-33(51-41(53-37(25)63)43-13-11-23-15-61(3)17-45-23)49-21-7-9-22(10-8-21)50-34-26-38(54-42(52-34)44-14-12-24-16-62(4)18-46-24)64(20-48-26)40-30(70)28(68)32(72-40)36-56-60-66(6-2)58-36;1-2-3(4)5;2-1-3/h15-22,27-32,39-40,67-70H,5-14H2,1-4H3,(H2,43,49,51,53)(H2,44,50,52,54);2H,1H2,(H,4,5);/t21?,22?,27-,28-,29+,30+,31-,32-,39?,40?;;/m0../s1. The van der Waals surface area contributed by atoms with Crippen LogP contribution in [0.2, 0.25) is 0 Å². The number of carbonyl (C=O) groups is 1. The van der Waals surface area contributed by atoms with Crippen molar-refractivity contribution < 1.29 is 49.4 Å². The Hall–Kier alpha value is -8.79. The molecule has 8 atom stereocenters. The number of ether oxygens (including phenoxy) is 2. The number of carbonyl (C=O) groups excluding carboxylic acids is 2. The number of aliphatic hydroxyl groups is 4. The van der Waals surface area contributed by atoms with Gasteiger partial charge in [-0.25, -0.2) is 24.7 Å². The zero-order valence-electron chi connectivity index (χ0n) is 43.8. The molecule has 2 unspecified atom stereocenters. The third kappa shape index (κ3) is 12.4. The minimum Gasteiger partial charge on any atom is -0.478 e. The Labute approximate surface area is 453 Å². The van der Waals surface area contributed by atoms with Crippen molar-refractivity contribution in [3.05, 3.63) is 73.4 Å². The summed E-state index contributed by atoms with van der Waals surface area (Å²) < 4.78 is 19.4. The molecule has 1 aliphatic carbocycles. The fourth-order valence-electron chi connectivity index (χ4n) is 9.34. The van der Waals surface area contributed by atoms with Crippen LogP contribution in [0.25, 0.3) is 22.3 Å². The molecule has 0 amide bonds. The van der Waals surface area contributed by atoms with Crippen molar-refractivity contribution in [1.82, 2.24) is 98.6 Å². The number of aromatic nitrogens is 20. The van der Waals surface area contributed by atoms with Crippen LogP contribution in [0.1, 0.15) is 87.2 Å². The molecule has 9 N–H and O–H groups in total. The summed E-state index contributed by atoms with van der Waals surface area (Å²) >= 11 is 0. The Morgan fingerprint density at radius 1 is 0.662 bits per heavy atom. The molecule has 2 saturated heterocycles. The Morgan fingerprint density at radius 2 is 1.06 bits per heavy atom. The predicted molar refractivity (Wildman–Crippen MR) is 274 cm³/mol. The van der Waals surface area contributed by atoms with Crippen LogP contribution < -0.4 is 21.3 Å². The van der Waals surface area contributed by atoms with E-state index in [2.05, 4.69) is 68.6 Å². The second-order valence-corrected chi connectivity index (χ2v) is 18.8. The predicted octanol–water partition coefficient (Wildman–Crippen LogP) is -0.752. The summed E-state index contributed by atoms with van der Waals surface area (Å²) in [5.41, 5.74) is 3.47. The number of fused-ring (bicyclic) bond motifs is 2. The fourth-order valence-corrected chi connectivity index (χ4v) is 9.34. The van der Waals surface area contributed by atoms with Crippen LogP contribution in [-0.4, -0.2) is 186 Å². The van der Waals surface area contributed by atoms with Gasteiger partial charge in [-0.05, 0) is 50.0 Å². The molecule has 10 heterocycles. The van der Waals surface area contributed by atoms with Crippen molar-refractivity contribution >= 4 is 58.0 Å². The Morgan fingerprint density at radius 3 is 1.40 bits per heavy atom. The van der Waals surface area contributed by atoms with Crippen molar-refractivity contribution in [3.63, 3.8) is 0 Å². The van der Waals surface area contributed by atoms with Gasteiger partial charge in [-0.15, -0.1) is 20.4 Å². The van der Waals surface area contributed by atoms with Gasteiger partial charge in [-0.2, -0.15) is 39.1 Å². The summed E-state index contributed by atoms with van der Waals surface area (Å²) in [5, 5.41) is 91.1. The maximum absolute atomic E-state index is 11.3. The van der Waals surface area contributed by atoms with Gasteiger partial charge in [0.05, 0.1) is 49.8 Å². The highest BCUT2D eigenvalue weighted by atomic mass is 16.6. The first-order valence-electron chi connectivity index (χ1n) is 25.6. The number of tetrazole rings is 2. The van der Waals surface area contributed by atoms with Crippen LogP contribution in [0.15, 0.2) is 50.4 Å². The molecule has 34 heteroatoms. The van der Waals surface area contributed by atoms with Crippen molar-refractivity contribution in [2.45, 2.75) is 127 Å². The molecule has 0 aromatic carbocycles. The number of nitrogens with zero attached hydrogens (tertiary/aromatic N) is 20. The number of anilines is 4. The lowest BCUT2D eigenvalue weighted by atomic mass is 9.91. The molecule has 8 aromatic heterocycles. The van der Waals surface area contributed by atoms with Crippen LogP contribution in [0.5, 0.6) is 0 Å². The lowest BCUT2D eigenvalue weighted by Gasteiger charge is -2.30. The number of hydrogen-bond acceptors (Lipinski definition) is 27. The lowest BCUT2D eigenvalue weighted by Crippen LogP contribution is -2.33.